The molecule has 0 atom stereocenters. The van der Waals surface area contributed by atoms with Gasteiger partial charge < -0.3 is 9.80 Å². The zero-order chi connectivity index (χ0) is 31.5. The maximum atomic E-state index is 14.2. The largest absolute Gasteiger partial charge is 0.371 e. The van der Waals surface area contributed by atoms with Crippen molar-refractivity contribution >= 4 is 39.5 Å². The van der Waals surface area contributed by atoms with E-state index in [-0.39, 0.29) is 11.5 Å². The molecule has 1 saturated heterocycles. The number of amides is 1. The SMILES string of the molecule is CCc1nc2ccc(N(Cc3cccnc3)C(=O)c3cccs3)cc2c(=O)n1CC1CCN(c2ccccc2-c2nn[nH]n2)CC1. The van der Waals surface area contributed by atoms with Gasteiger partial charge in [-0.3, -0.25) is 19.1 Å². The van der Waals surface area contributed by atoms with E-state index in [1.807, 2.05) is 77.5 Å². The molecule has 6 aromatic rings. The first kappa shape index (κ1) is 29.5. The lowest BCUT2D eigenvalue weighted by molar-refractivity contribution is 0.0989. The van der Waals surface area contributed by atoms with Crippen LogP contribution in [0.2, 0.25) is 0 Å². The van der Waals surface area contributed by atoms with Crippen LogP contribution >= 0.6 is 11.3 Å². The summed E-state index contributed by atoms with van der Waals surface area (Å²) in [6.45, 7) is 4.68. The summed E-state index contributed by atoms with van der Waals surface area (Å²) in [5.74, 6) is 1.55. The van der Waals surface area contributed by atoms with E-state index in [2.05, 4.69) is 36.6 Å². The molecule has 7 rings (SSSR count). The summed E-state index contributed by atoms with van der Waals surface area (Å²) in [4.78, 5) is 41.7. The molecule has 12 heteroatoms. The molecule has 1 aliphatic heterocycles. The molecule has 46 heavy (non-hydrogen) atoms. The van der Waals surface area contributed by atoms with Crippen LogP contribution in [0.5, 0.6) is 0 Å². The molecular weight excluding hydrogens is 599 g/mol. The monoisotopic (exact) mass is 631 g/mol. The second-order valence-corrected chi connectivity index (χ2v) is 12.4. The molecule has 232 valence electrons. The molecule has 0 spiro atoms. The summed E-state index contributed by atoms with van der Waals surface area (Å²) in [7, 11) is 0. The molecule has 2 aromatic carbocycles. The molecule has 0 radical (unpaired) electrons. The molecule has 0 saturated carbocycles. The van der Waals surface area contributed by atoms with Crippen LogP contribution in [-0.4, -0.2) is 54.2 Å². The Bertz CT molecular complexity index is 2000. The minimum absolute atomic E-state index is 0.0708. The average Bonchev–Trinajstić information content (AvgIpc) is 3.85. The number of H-pyrrole nitrogens is 1. The van der Waals surface area contributed by atoms with Gasteiger partial charge in [-0.1, -0.05) is 31.2 Å². The Balaban J connectivity index is 1.16. The highest BCUT2D eigenvalue weighted by atomic mass is 32.1. The van der Waals surface area contributed by atoms with Crippen LogP contribution in [0.15, 0.2) is 89.3 Å². The van der Waals surface area contributed by atoms with Crippen molar-refractivity contribution in [1.29, 1.82) is 0 Å². The van der Waals surface area contributed by atoms with E-state index in [0.29, 0.717) is 52.7 Å². The summed E-state index contributed by atoms with van der Waals surface area (Å²) < 4.78 is 1.85. The quantitative estimate of drug-likeness (QED) is 0.226. The van der Waals surface area contributed by atoms with Gasteiger partial charge in [-0.2, -0.15) is 5.21 Å². The van der Waals surface area contributed by atoms with E-state index in [1.54, 1.807) is 17.3 Å². The number of tetrazole rings is 1. The normalized spacial score (nSPS) is 13.7. The number of hydrogen-bond acceptors (Lipinski definition) is 9. The zero-order valence-corrected chi connectivity index (χ0v) is 26.2. The van der Waals surface area contributed by atoms with Gasteiger partial charge in [0, 0.05) is 55.4 Å². The highest BCUT2D eigenvalue weighted by molar-refractivity contribution is 7.12. The number of fused-ring (bicyclic) bond motifs is 1. The third-order valence-corrected chi connectivity index (χ3v) is 9.43. The summed E-state index contributed by atoms with van der Waals surface area (Å²) in [5, 5.41) is 17.0. The van der Waals surface area contributed by atoms with Crippen LogP contribution < -0.4 is 15.4 Å². The van der Waals surface area contributed by atoms with Gasteiger partial charge in [0.1, 0.15) is 5.82 Å². The van der Waals surface area contributed by atoms with Crippen LogP contribution in [0, 0.1) is 5.92 Å². The molecule has 0 aliphatic carbocycles. The summed E-state index contributed by atoms with van der Waals surface area (Å²) in [6.07, 6.45) is 5.98. The van der Waals surface area contributed by atoms with Crippen LogP contribution in [0.4, 0.5) is 11.4 Å². The van der Waals surface area contributed by atoms with E-state index < -0.39 is 0 Å². The lowest BCUT2D eigenvalue weighted by Crippen LogP contribution is -2.37. The highest BCUT2D eigenvalue weighted by Gasteiger charge is 2.25. The molecule has 0 bridgehead atoms. The number of aryl methyl sites for hydroxylation is 1. The Kier molecular flexibility index (Phi) is 8.34. The van der Waals surface area contributed by atoms with Gasteiger partial charge in [0.15, 0.2) is 0 Å². The van der Waals surface area contributed by atoms with Gasteiger partial charge in [-0.15, -0.1) is 21.5 Å². The molecule has 1 N–H and O–H groups in total. The van der Waals surface area contributed by atoms with Gasteiger partial charge in [0.25, 0.3) is 11.5 Å². The number of carbonyl (C=O) groups excluding carboxylic acids is 1. The van der Waals surface area contributed by atoms with Gasteiger partial charge in [-0.25, -0.2) is 4.98 Å². The van der Waals surface area contributed by atoms with Crippen molar-refractivity contribution in [2.24, 2.45) is 5.92 Å². The molecular formula is C34H33N9O2S. The van der Waals surface area contributed by atoms with Crippen molar-refractivity contribution < 1.29 is 4.79 Å². The number of aromatic nitrogens is 7. The minimum atomic E-state index is -0.121. The molecule has 0 unspecified atom stereocenters. The minimum Gasteiger partial charge on any atom is -0.371 e. The third-order valence-electron chi connectivity index (χ3n) is 8.57. The Hall–Kier alpha value is -5.23. The Morgan fingerprint density at radius 3 is 2.67 bits per heavy atom. The average molecular weight is 632 g/mol. The number of rotatable bonds is 9. The van der Waals surface area contributed by atoms with Crippen LogP contribution in [-0.2, 0) is 19.5 Å². The summed E-state index contributed by atoms with van der Waals surface area (Å²) >= 11 is 1.40. The highest BCUT2D eigenvalue weighted by Crippen LogP contribution is 2.32. The molecule has 1 aliphatic rings. The summed E-state index contributed by atoms with van der Waals surface area (Å²) in [6, 6.07) is 21.2. The number of pyridine rings is 1. The molecule has 1 amide bonds. The maximum Gasteiger partial charge on any atom is 0.268 e. The predicted molar refractivity (Wildman–Crippen MR) is 179 cm³/mol. The number of piperidine rings is 1. The fraction of sp³-hybridized carbons (Fsp3) is 0.265. The maximum absolute atomic E-state index is 14.2. The van der Waals surface area contributed by atoms with E-state index in [9.17, 15) is 9.59 Å². The van der Waals surface area contributed by atoms with E-state index in [4.69, 9.17) is 4.98 Å². The Morgan fingerprint density at radius 1 is 1.07 bits per heavy atom. The van der Waals surface area contributed by atoms with E-state index >= 15 is 0 Å². The number of nitrogens with one attached hydrogen (secondary N) is 1. The number of nitrogens with zero attached hydrogens (tertiary/aromatic N) is 8. The van der Waals surface area contributed by atoms with Gasteiger partial charge in [0.05, 0.1) is 22.3 Å². The standard InChI is InChI=1S/C34H33N9O2S/c1-2-31-36-28-12-11-25(42(22-24-7-5-15-35-20-24)34(45)30-10-6-18-46-30)19-27(28)33(44)43(31)21-23-13-16-41(17-14-23)29-9-4-3-8-26(29)32-37-39-40-38-32/h3-12,15,18-20,23H,2,13-14,16-17,21-22H2,1H3,(H,37,38,39,40). The zero-order valence-electron chi connectivity index (χ0n) is 25.4. The number of hydrogen-bond donors (Lipinski definition) is 1. The second kappa shape index (κ2) is 13.0. The first-order valence-corrected chi connectivity index (χ1v) is 16.3. The van der Waals surface area contributed by atoms with Gasteiger partial charge in [0.2, 0.25) is 5.82 Å². The fourth-order valence-electron chi connectivity index (χ4n) is 6.20. The topological polar surface area (TPSA) is 126 Å². The van der Waals surface area contributed by atoms with E-state index in [1.165, 1.54) is 11.3 Å². The van der Waals surface area contributed by atoms with E-state index in [0.717, 1.165) is 48.6 Å². The first-order valence-electron chi connectivity index (χ1n) is 15.4. The predicted octanol–water partition coefficient (Wildman–Crippen LogP) is 5.36. The number of benzene rings is 2. The van der Waals surface area contributed by atoms with Crippen molar-refractivity contribution in [3.63, 3.8) is 0 Å². The lowest BCUT2D eigenvalue weighted by Gasteiger charge is -2.35. The van der Waals surface area contributed by atoms with Gasteiger partial charge >= 0.3 is 0 Å². The van der Waals surface area contributed by atoms with Crippen molar-refractivity contribution in [1.82, 2.24) is 35.2 Å². The fourth-order valence-corrected chi connectivity index (χ4v) is 6.87. The second-order valence-electron chi connectivity index (χ2n) is 11.4. The Labute approximate surface area is 269 Å². The van der Waals surface area contributed by atoms with Crippen LogP contribution in [0.25, 0.3) is 22.3 Å². The van der Waals surface area contributed by atoms with Crippen molar-refractivity contribution in [3.8, 4) is 11.4 Å². The molecule has 11 nitrogen and oxygen atoms in total. The van der Waals surface area contributed by atoms with Crippen LogP contribution in [0.3, 0.4) is 0 Å². The van der Waals surface area contributed by atoms with Crippen molar-refractivity contribution in [2.45, 2.75) is 39.3 Å². The molecule has 1 fully saturated rings. The number of thiophene rings is 1. The van der Waals surface area contributed by atoms with Crippen molar-refractivity contribution in [3.05, 3.63) is 111 Å². The first-order chi connectivity index (χ1) is 22.6. The Morgan fingerprint density at radius 2 is 1.93 bits per heavy atom. The number of anilines is 2. The lowest BCUT2D eigenvalue weighted by atomic mass is 9.95. The number of para-hydroxylation sites is 1. The van der Waals surface area contributed by atoms with Crippen LogP contribution in [0.1, 0.15) is 40.8 Å². The summed E-state index contributed by atoms with van der Waals surface area (Å²) in [5.41, 5.74) is 4.15. The smallest absolute Gasteiger partial charge is 0.268 e. The third kappa shape index (κ3) is 5.91. The van der Waals surface area contributed by atoms with Gasteiger partial charge in [-0.05, 0) is 77.4 Å². The molecule has 4 aromatic heterocycles. The number of aromatic amines is 1. The number of carbonyl (C=O) groups is 1. The molecule has 5 heterocycles. The van der Waals surface area contributed by atoms with Crippen molar-refractivity contribution in [2.75, 3.05) is 22.9 Å².